The Kier molecular flexibility index (Phi) is 5.99. The van der Waals surface area contributed by atoms with Crippen LogP contribution in [0.4, 0.5) is 5.69 Å². The highest BCUT2D eigenvalue weighted by Gasteiger charge is 2.39. The van der Waals surface area contributed by atoms with Crippen LogP contribution in [0.15, 0.2) is 82.9 Å². The summed E-state index contributed by atoms with van der Waals surface area (Å²) in [6.07, 6.45) is 6.19. The summed E-state index contributed by atoms with van der Waals surface area (Å²) in [5.41, 5.74) is 4.49. The summed E-state index contributed by atoms with van der Waals surface area (Å²) in [6.45, 7) is 4.88. The first-order valence-corrected chi connectivity index (χ1v) is 11.8. The van der Waals surface area contributed by atoms with Gasteiger partial charge in [0.1, 0.15) is 0 Å². The molecule has 0 aliphatic carbocycles. The van der Waals surface area contributed by atoms with Gasteiger partial charge in [0.15, 0.2) is 5.66 Å². The number of anilines is 1. The third-order valence-electron chi connectivity index (χ3n) is 6.48. The minimum absolute atomic E-state index is 0.0736. The van der Waals surface area contributed by atoms with Crippen molar-refractivity contribution in [2.45, 2.75) is 32.4 Å². The maximum atomic E-state index is 12.7. The topological polar surface area (TPSA) is 87.0 Å². The molecular weight excluding hydrogens is 438 g/mol. The Morgan fingerprint density at radius 2 is 1.77 bits per heavy atom. The number of carbonyl (C=O) groups is 2. The summed E-state index contributed by atoms with van der Waals surface area (Å²) >= 11 is 0. The first-order chi connectivity index (χ1) is 16.9. The average molecular weight is 466 g/mol. The number of carbonyl (C=O) groups excluding carboxylic acids is 2. The summed E-state index contributed by atoms with van der Waals surface area (Å²) in [5, 5.41) is 3.84. The van der Waals surface area contributed by atoms with E-state index in [1.807, 2.05) is 66.4 Å². The normalized spacial score (nSPS) is 17.0. The van der Waals surface area contributed by atoms with Gasteiger partial charge in [0.05, 0.1) is 28.8 Å². The van der Waals surface area contributed by atoms with Gasteiger partial charge < -0.3 is 10.2 Å². The van der Waals surface area contributed by atoms with Gasteiger partial charge >= 0.3 is 0 Å². The molecule has 176 valence electrons. The van der Waals surface area contributed by atoms with Gasteiger partial charge in [-0.25, -0.2) is 0 Å². The molecule has 2 amide bonds. The van der Waals surface area contributed by atoms with Crippen molar-refractivity contribution in [3.8, 4) is 0 Å². The monoisotopic (exact) mass is 465 g/mol. The van der Waals surface area contributed by atoms with Gasteiger partial charge in [0.2, 0.25) is 11.8 Å². The van der Waals surface area contributed by atoms with E-state index in [-0.39, 0.29) is 11.8 Å². The maximum Gasteiger partial charge on any atom is 0.248 e. The quantitative estimate of drug-likeness (QED) is 0.582. The number of nitrogens with one attached hydrogen (secondary N) is 1. The summed E-state index contributed by atoms with van der Waals surface area (Å²) in [5.74, 6) is -0.190. The van der Waals surface area contributed by atoms with E-state index < -0.39 is 5.66 Å². The molecule has 0 atom stereocenters. The Balaban J connectivity index is 1.38. The van der Waals surface area contributed by atoms with Gasteiger partial charge in [-0.05, 0) is 25.1 Å². The number of benzene rings is 2. The fraction of sp³-hybridized carbons (Fsp3) is 0.250. The number of piperidine rings is 1. The Bertz CT molecular complexity index is 1380. The van der Waals surface area contributed by atoms with Crippen LogP contribution < -0.4 is 5.32 Å². The van der Waals surface area contributed by atoms with Crippen LogP contribution in [-0.2, 0) is 9.59 Å². The molecule has 3 heterocycles. The summed E-state index contributed by atoms with van der Waals surface area (Å²) in [7, 11) is 0. The lowest BCUT2D eigenvalue weighted by Crippen LogP contribution is -2.43. The Morgan fingerprint density at radius 1 is 1.03 bits per heavy atom. The number of aryl methyl sites for hydroxylation is 1. The summed E-state index contributed by atoms with van der Waals surface area (Å²) in [6, 6.07) is 17.8. The average Bonchev–Trinajstić information content (AvgIpc) is 3.21. The molecule has 35 heavy (non-hydrogen) atoms. The number of aliphatic imine (C=N–C) groups is 2. The number of nitrogens with zero attached hydrogens (tertiary/aromatic N) is 4. The van der Waals surface area contributed by atoms with Gasteiger partial charge in [0.25, 0.3) is 0 Å². The highest BCUT2D eigenvalue weighted by Crippen LogP contribution is 2.33. The van der Waals surface area contributed by atoms with Crippen molar-refractivity contribution in [1.82, 2.24) is 9.88 Å². The van der Waals surface area contributed by atoms with Crippen LogP contribution >= 0.6 is 0 Å². The minimum atomic E-state index is -0.593. The van der Waals surface area contributed by atoms with Crippen molar-refractivity contribution in [2.24, 2.45) is 9.98 Å². The van der Waals surface area contributed by atoms with Gasteiger partial charge in [-0.1, -0.05) is 48.0 Å². The predicted molar refractivity (Wildman–Crippen MR) is 139 cm³/mol. The molecule has 1 N–H and O–H groups in total. The van der Waals surface area contributed by atoms with Crippen molar-refractivity contribution >= 4 is 39.8 Å². The number of pyridine rings is 1. The molecule has 1 aromatic heterocycles. The second kappa shape index (κ2) is 9.25. The van der Waals surface area contributed by atoms with Crippen LogP contribution in [0, 0.1) is 6.92 Å². The highest BCUT2D eigenvalue weighted by molar-refractivity contribution is 6.53. The number of hydrogen-bond donors (Lipinski definition) is 1. The zero-order valence-electron chi connectivity index (χ0n) is 19.9. The number of likely N-dealkylation sites (tertiary alicyclic amines) is 1. The molecule has 0 unspecified atom stereocenters. The molecule has 7 nitrogen and oxygen atoms in total. The standard InChI is InChI=1S/C28H27N5O2/c1-19-7-9-21(10-8-19)27-25(31-28(32-27)13-15-33(16-14-28)20(2)34)11-12-26(35)30-23-17-22-5-3-4-6-24(22)29-18-23/h3-12,17-18H,13-16H2,1-2H3,(H,30,35). The lowest BCUT2D eigenvalue weighted by atomic mass is 9.98. The van der Waals surface area contributed by atoms with E-state index in [0.29, 0.717) is 37.3 Å². The molecule has 0 radical (unpaired) electrons. The number of aromatic nitrogens is 1. The number of rotatable bonds is 4. The van der Waals surface area contributed by atoms with Gasteiger partial charge in [-0.2, -0.15) is 0 Å². The summed E-state index contributed by atoms with van der Waals surface area (Å²) < 4.78 is 0. The lowest BCUT2D eigenvalue weighted by molar-refractivity contribution is -0.130. The van der Waals surface area contributed by atoms with Crippen LogP contribution in [0.5, 0.6) is 0 Å². The minimum Gasteiger partial charge on any atom is -0.343 e. The molecule has 1 fully saturated rings. The molecule has 1 spiro atoms. The molecule has 2 aliphatic rings. The zero-order chi connectivity index (χ0) is 24.4. The van der Waals surface area contributed by atoms with E-state index in [1.165, 1.54) is 6.08 Å². The summed E-state index contributed by atoms with van der Waals surface area (Å²) in [4.78, 5) is 40.7. The van der Waals surface area contributed by atoms with Gasteiger partial charge in [-0.3, -0.25) is 24.6 Å². The maximum absolute atomic E-state index is 12.7. The SMILES string of the molecule is CC(=O)N1CCC2(CC1)N=C(C=CC(=O)Nc1cnc3ccccc3c1)C(c1ccc(C)cc1)=N2. The highest BCUT2D eigenvalue weighted by atomic mass is 16.2. The Labute approximate surface area is 204 Å². The molecule has 0 bridgehead atoms. The first kappa shape index (κ1) is 22.7. The third-order valence-corrected chi connectivity index (χ3v) is 6.48. The number of para-hydroxylation sites is 1. The Morgan fingerprint density at radius 3 is 2.51 bits per heavy atom. The number of amides is 2. The molecule has 0 saturated carbocycles. The second-order valence-corrected chi connectivity index (χ2v) is 9.05. The van der Waals surface area contributed by atoms with E-state index in [9.17, 15) is 9.59 Å². The molecule has 1 saturated heterocycles. The largest absolute Gasteiger partial charge is 0.343 e. The van der Waals surface area contributed by atoms with E-state index in [0.717, 1.165) is 27.7 Å². The molecule has 5 rings (SSSR count). The predicted octanol–water partition coefficient (Wildman–Crippen LogP) is 4.32. The van der Waals surface area contributed by atoms with Crippen LogP contribution in [0.1, 0.15) is 30.9 Å². The lowest BCUT2D eigenvalue weighted by Gasteiger charge is -2.34. The smallest absolute Gasteiger partial charge is 0.248 e. The van der Waals surface area contributed by atoms with E-state index in [1.54, 1.807) is 19.2 Å². The van der Waals surface area contributed by atoms with Crippen molar-refractivity contribution < 1.29 is 9.59 Å². The van der Waals surface area contributed by atoms with Crippen molar-refractivity contribution in [1.29, 1.82) is 0 Å². The first-order valence-electron chi connectivity index (χ1n) is 11.8. The number of hydrogen-bond acceptors (Lipinski definition) is 5. The van der Waals surface area contributed by atoms with Crippen LogP contribution in [0.3, 0.4) is 0 Å². The molecular formula is C28H27N5O2. The van der Waals surface area contributed by atoms with Crippen molar-refractivity contribution in [2.75, 3.05) is 18.4 Å². The van der Waals surface area contributed by atoms with Crippen molar-refractivity contribution in [3.05, 3.63) is 84.1 Å². The molecule has 7 heteroatoms. The van der Waals surface area contributed by atoms with E-state index in [2.05, 4.69) is 10.3 Å². The van der Waals surface area contributed by atoms with Gasteiger partial charge in [0, 0.05) is 49.9 Å². The van der Waals surface area contributed by atoms with Crippen LogP contribution in [0.2, 0.25) is 0 Å². The van der Waals surface area contributed by atoms with E-state index in [4.69, 9.17) is 9.98 Å². The number of allylic oxidation sites excluding steroid dienone is 1. The molecule has 3 aromatic rings. The Hall–Kier alpha value is -4.13. The number of fused-ring (bicyclic) bond motifs is 1. The van der Waals surface area contributed by atoms with E-state index >= 15 is 0 Å². The van der Waals surface area contributed by atoms with Crippen molar-refractivity contribution in [3.63, 3.8) is 0 Å². The zero-order valence-corrected chi connectivity index (χ0v) is 19.9. The molecule has 2 aromatic carbocycles. The fourth-order valence-electron chi connectivity index (χ4n) is 4.49. The second-order valence-electron chi connectivity index (χ2n) is 9.05. The molecule has 2 aliphatic heterocycles. The van der Waals surface area contributed by atoms with Gasteiger partial charge in [-0.15, -0.1) is 0 Å². The van der Waals surface area contributed by atoms with Crippen LogP contribution in [-0.4, -0.2) is 51.9 Å². The fourth-order valence-corrected chi connectivity index (χ4v) is 4.49. The van der Waals surface area contributed by atoms with Crippen LogP contribution in [0.25, 0.3) is 10.9 Å². The third kappa shape index (κ3) is 4.89.